The van der Waals surface area contributed by atoms with Crippen LogP contribution >= 0.6 is 11.8 Å². The van der Waals surface area contributed by atoms with Gasteiger partial charge in [-0.1, -0.05) is 0 Å². The maximum absolute atomic E-state index is 13.6. The number of rotatable bonds is 14. The molecule has 0 saturated heterocycles. The molecule has 0 atom stereocenters. The highest BCUT2D eigenvalue weighted by Gasteiger charge is 2.27. The average Bonchev–Trinajstić information content (AvgIpc) is 2.96. The van der Waals surface area contributed by atoms with Gasteiger partial charge in [-0.3, -0.25) is 13.9 Å². The maximum atomic E-state index is 13.6. The smallest absolute Gasteiger partial charge is 0.264 e. The highest BCUT2D eigenvalue weighted by atomic mass is 32.2. The Morgan fingerprint density at radius 2 is 1.54 bits per heavy atom. The van der Waals surface area contributed by atoms with Crippen molar-refractivity contribution in [2.75, 3.05) is 30.3 Å². The van der Waals surface area contributed by atoms with E-state index in [1.54, 1.807) is 60.7 Å². The van der Waals surface area contributed by atoms with Crippen molar-refractivity contribution in [1.29, 1.82) is 0 Å². The van der Waals surface area contributed by atoms with E-state index in [1.807, 2.05) is 27.0 Å². The number of anilines is 1. The molecule has 0 fully saturated rings. The summed E-state index contributed by atoms with van der Waals surface area (Å²) in [6.07, 6.45) is 3.32. The minimum Gasteiger partial charge on any atom is -0.494 e. The van der Waals surface area contributed by atoms with E-state index >= 15 is 0 Å². The van der Waals surface area contributed by atoms with Crippen LogP contribution in [0.3, 0.4) is 0 Å². The van der Waals surface area contributed by atoms with Crippen LogP contribution in [0.4, 0.5) is 5.69 Å². The molecule has 0 aliphatic carbocycles. The molecule has 2 amide bonds. The number of hydrogen-bond donors (Lipinski definition) is 2. The van der Waals surface area contributed by atoms with Gasteiger partial charge >= 0.3 is 0 Å². The summed E-state index contributed by atoms with van der Waals surface area (Å²) in [5, 5.41) is 6.71. The first-order valence-corrected chi connectivity index (χ1v) is 15.5. The lowest BCUT2D eigenvalue weighted by molar-refractivity contribution is -0.123. The number of ether oxygens (including phenoxy) is 2. The zero-order valence-corrected chi connectivity index (χ0v) is 25.0. The fourth-order valence-corrected chi connectivity index (χ4v) is 5.40. The lowest BCUT2D eigenvalue weighted by Gasteiger charge is -2.24. The van der Waals surface area contributed by atoms with Gasteiger partial charge in [-0.2, -0.15) is 5.10 Å². The summed E-state index contributed by atoms with van der Waals surface area (Å²) in [6, 6.07) is 19.7. The third-order valence-corrected chi connectivity index (χ3v) is 8.00. The van der Waals surface area contributed by atoms with Crippen LogP contribution in [0.25, 0.3) is 0 Å². The van der Waals surface area contributed by atoms with Crippen LogP contribution in [-0.2, 0) is 19.6 Å². The van der Waals surface area contributed by atoms with Crippen molar-refractivity contribution < 1.29 is 27.5 Å². The first-order valence-electron chi connectivity index (χ1n) is 12.9. The molecule has 0 radical (unpaired) electrons. The Bertz CT molecular complexity index is 1430. The summed E-state index contributed by atoms with van der Waals surface area (Å²) in [5.41, 5.74) is 3.36. The third kappa shape index (κ3) is 9.54. The van der Waals surface area contributed by atoms with Crippen LogP contribution in [0.5, 0.6) is 11.5 Å². The van der Waals surface area contributed by atoms with Gasteiger partial charge in [0, 0.05) is 10.9 Å². The highest BCUT2D eigenvalue weighted by Crippen LogP contribution is 2.27. The Balaban J connectivity index is 1.69. The van der Waals surface area contributed by atoms with E-state index in [1.165, 1.54) is 30.1 Å². The number of hydrogen-bond acceptors (Lipinski definition) is 8. The Morgan fingerprint density at radius 1 is 0.927 bits per heavy atom. The lowest BCUT2D eigenvalue weighted by atomic mass is 10.2. The van der Waals surface area contributed by atoms with Crippen LogP contribution in [-0.4, -0.2) is 58.5 Å². The number of sulfonamides is 1. The molecule has 218 valence electrons. The maximum Gasteiger partial charge on any atom is 0.264 e. The molecule has 12 heteroatoms. The largest absolute Gasteiger partial charge is 0.494 e. The van der Waals surface area contributed by atoms with E-state index in [4.69, 9.17) is 9.47 Å². The first-order chi connectivity index (χ1) is 19.6. The third-order valence-electron chi connectivity index (χ3n) is 5.47. The summed E-state index contributed by atoms with van der Waals surface area (Å²) < 4.78 is 39.1. The van der Waals surface area contributed by atoms with Gasteiger partial charge in [0.15, 0.2) is 6.61 Å². The number of nitrogens with zero attached hydrogens (tertiary/aromatic N) is 2. The number of nitrogens with one attached hydrogen (secondary N) is 2. The Morgan fingerprint density at radius 3 is 2.12 bits per heavy atom. The van der Waals surface area contributed by atoms with Gasteiger partial charge in [0.1, 0.15) is 18.0 Å². The number of carbonyl (C=O) groups excluding carboxylic acids is 2. The topological polar surface area (TPSA) is 126 Å². The standard InChI is InChI=1S/C29H34N4O6S2/c1-5-38-24-12-8-23(9-13-24)33(41(36,37)27-16-14-26(40-4)15-17-27)19-28(34)32-30-18-22-6-10-25(11-7-22)39-20-29(35)31-21(2)3/h6-18,21H,5,19-20H2,1-4H3,(H,31,35)(H,32,34)/b30-18-. The molecule has 0 aliphatic rings. The zero-order chi connectivity index (χ0) is 29.8. The van der Waals surface area contributed by atoms with Gasteiger partial charge in [-0.15, -0.1) is 11.8 Å². The molecule has 0 spiro atoms. The molecule has 41 heavy (non-hydrogen) atoms. The summed E-state index contributed by atoms with van der Waals surface area (Å²) in [6.45, 7) is 5.46. The quantitative estimate of drug-likeness (QED) is 0.163. The summed E-state index contributed by atoms with van der Waals surface area (Å²) in [4.78, 5) is 25.5. The number of carbonyl (C=O) groups is 2. The van der Waals surface area contributed by atoms with E-state index in [-0.39, 0.29) is 23.5 Å². The van der Waals surface area contributed by atoms with E-state index in [0.29, 0.717) is 29.4 Å². The Labute approximate surface area is 245 Å². The van der Waals surface area contributed by atoms with Crippen molar-refractivity contribution in [3.63, 3.8) is 0 Å². The molecule has 0 bridgehead atoms. The summed E-state index contributed by atoms with van der Waals surface area (Å²) in [5.74, 6) is 0.247. The highest BCUT2D eigenvalue weighted by molar-refractivity contribution is 7.98. The molecule has 0 heterocycles. The van der Waals surface area contributed by atoms with Crippen molar-refractivity contribution in [2.24, 2.45) is 5.10 Å². The summed E-state index contributed by atoms with van der Waals surface area (Å²) >= 11 is 1.50. The second kappa shape index (κ2) is 15.1. The number of amides is 2. The monoisotopic (exact) mass is 598 g/mol. The SMILES string of the molecule is CCOc1ccc(N(CC(=O)N/N=C\c2ccc(OCC(=O)NC(C)C)cc2)S(=O)(=O)c2ccc(SC)cc2)cc1. The van der Waals surface area contributed by atoms with Crippen molar-refractivity contribution in [2.45, 2.75) is 36.6 Å². The van der Waals surface area contributed by atoms with Crippen LogP contribution < -0.4 is 24.5 Å². The fraction of sp³-hybridized carbons (Fsp3) is 0.276. The predicted octanol–water partition coefficient (Wildman–Crippen LogP) is 4.06. The number of benzene rings is 3. The van der Waals surface area contributed by atoms with E-state index in [2.05, 4.69) is 15.8 Å². The molecular weight excluding hydrogens is 564 g/mol. The zero-order valence-electron chi connectivity index (χ0n) is 23.4. The van der Waals surface area contributed by atoms with Crippen LogP contribution in [0.2, 0.25) is 0 Å². The van der Waals surface area contributed by atoms with Crippen LogP contribution in [0.15, 0.2) is 87.7 Å². The van der Waals surface area contributed by atoms with Crippen molar-refractivity contribution in [3.8, 4) is 11.5 Å². The van der Waals surface area contributed by atoms with Crippen LogP contribution in [0, 0.1) is 0 Å². The number of thioether (sulfide) groups is 1. The fourth-order valence-electron chi connectivity index (χ4n) is 3.57. The number of hydrazone groups is 1. The normalized spacial score (nSPS) is 11.3. The lowest BCUT2D eigenvalue weighted by Crippen LogP contribution is -2.39. The van der Waals surface area contributed by atoms with Gasteiger partial charge in [0.05, 0.1) is 23.4 Å². The molecular formula is C29H34N4O6S2. The molecule has 3 aromatic rings. The van der Waals surface area contributed by atoms with Crippen molar-refractivity contribution in [1.82, 2.24) is 10.7 Å². The molecule has 10 nitrogen and oxygen atoms in total. The van der Waals surface area contributed by atoms with Crippen molar-refractivity contribution >= 4 is 45.5 Å². The molecule has 0 aliphatic heterocycles. The van der Waals surface area contributed by atoms with E-state index in [9.17, 15) is 18.0 Å². The van der Waals surface area contributed by atoms with Gasteiger partial charge in [-0.05, 0) is 105 Å². The Kier molecular flexibility index (Phi) is 11.6. The molecule has 2 N–H and O–H groups in total. The molecule has 0 saturated carbocycles. The molecule has 3 rings (SSSR count). The van der Waals surface area contributed by atoms with E-state index < -0.39 is 22.5 Å². The molecule has 0 unspecified atom stereocenters. The van der Waals surface area contributed by atoms with Crippen molar-refractivity contribution in [3.05, 3.63) is 78.4 Å². The second-order valence-corrected chi connectivity index (χ2v) is 11.7. The van der Waals surface area contributed by atoms with E-state index in [0.717, 1.165) is 9.20 Å². The minimum atomic E-state index is -4.07. The minimum absolute atomic E-state index is 0.0274. The second-order valence-electron chi connectivity index (χ2n) is 8.99. The van der Waals surface area contributed by atoms with Crippen LogP contribution in [0.1, 0.15) is 26.3 Å². The van der Waals surface area contributed by atoms with Gasteiger partial charge in [0.25, 0.3) is 21.8 Å². The van der Waals surface area contributed by atoms with Gasteiger partial charge in [0.2, 0.25) is 0 Å². The van der Waals surface area contributed by atoms with Gasteiger partial charge < -0.3 is 14.8 Å². The Hall–Kier alpha value is -4.03. The first kappa shape index (κ1) is 31.5. The van der Waals surface area contributed by atoms with Gasteiger partial charge in [-0.25, -0.2) is 13.8 Å². The molecule has 0 aromatic heterocycles. The molecule has 3 aromatic carbocycles. The average molecular weight is 599 g/mol. The predicted molar refractivity (Wildman–Crippen MR) is 161 cm³/mol. The summed E-state index contributed by atoms with van der Waals surface area (Å²) in [7, 11) is -4.07.